The fourth-order valence-electron chi connectivity index (χ4n) is 6.90. The number of nitrogens with zero attached hydrogens (tertiary/aromatic N) is 5. The second-order valence-electron chi connectivity index (χ2n) is 15.3. The number of ketones is 1. The third-order valence-corrected chi connectivity index (χ3v) is 11.0. The van der Waals surface area contributed by atoms with Crippen molar-refractivity contribution >= 4 is 45.1 Å². The summed E-state index contributed by atoms with van der Waals surface area (Å²) in [5.74, 6) is -1.96. The first-order chi connectivity index (χ1) is 23.9. The molecule has 0 spiro atoms. The lowest BCUT2D eigenvalue weighted by atomic mass is 9.91. The average molecular weight is 730 g/mol. The zero-order valence-electron chi connectivity index (χ0n) is 30.5. The van der Waals surface area contributed by atoms with Crippen molar-refractivity contribution in [1.29, 1.82) is 0 Å². The van der Waals surface area contributed by atoms with Crippen LogP contribution in [-0.4, -0.2) is 100 Å². The molecule has 0 radical (unpaired) electrons. The number of allylic oxidation sites excluding steroid dienone is 2. The highest BCUT2D eigenvalue weighted by molar-refractivity contribution is 7.87. The van der Waals surface area contributed by atoms with Gasteiger partial charge in [-0.05, 0) is 78.4 Å². The molecular formula is C35H51N7O8S. The molecule has 1 saturated carbocycles. The van der Waals surface area contributed by atoms with E-state index < -0.39 is 63.1 Å². The Bertz CT molecular complexity index is 1780. The van der Waals surface area contributed by atoms with Gasteiger partial charge in [-0.2, -0.15) is 17.7 Å². The number of rotatable bonds is 7. The van der Waals surface area contributed by atoms with Crippen molar-refractivity contribution in [1.82, 2.24) is 33.8 Å². The van der Waals surface area contributed by atoms with Crippen LogP contribution in [0.3, 0.4) is 0 Å². The van der Waals surface area contributed by atoms with Crippen LogP contribution in [-0.2, 0) is 29.3 Å². The summed E-state index contributed by atoms with van der Waals surface area (Å²) < 4.78 is 42.3. The predicted molar refractivity (Wildman–Crippen MR) is 189 cm³/mol. The number of Topliss-reactive ketones (excluding diaryl/α,β-unsaturated/α-hetero) is 1. The molecule has 280 valence electrons. The van der Waals surface area contributed by atoms with Gasteiger partial charge in [-0.3, -0.25) is 19.0 Å². The number of alkyl carbamates (subject to hydrolysis) is 1. The number of nitrogens with one attached hydrogen (secondary N) is 2. The van der Waals surface area contributed by atoms with Gasteiger partial charge >= 0.3 is 16.3 Å². The summed E-state index contributed by atoms with van der Waals surface area (Å²) in [4.78, 5) is 65.9. The van der Waals surface area contributed by atoms with Crippen LogP contribution < -0.4 is 14.8 Å². The van der Waals surface area contributed by atoms with Crippen molar-refractivity contribution in [3.05, 3.63) is 30.5 Å². The van der Waals surface area contributed by atoms with E-state index >= 15 is 0 Å². The molecule has 2 aromatic heterocycles. The quantitative estimate of drug-likeness (QED) is 0.399. The topological polar surface area (TPSA) is 182 Å². The molecule has 0 aromatic carbocycles. The summed E-state index contributed by atoms with van der Waals surface area (Å²) in [6.07, 6.45) is 7.47. The number of aromatic nitrogens is 3. The van der Waals surface area contributed by atoms with Gasteiger partial charge in [0.05, 0.1) is 23.5 Å². The van der Waals surface area contributed by atoms with Crippen molar-refractivity contribution in [3.8, 4) is 6.01 Å². The van der Waals surface area contributed by atoms with E-state index in [-0.39, 0.29) is 31.3 Å². The molecular weight excluding hydrogens is 678 g/mol. The van der Waals surface area contributed by atoms with E-state index in [1.165, 1.54) is 19.0 Å². The van der Waals surface area contributed by atoms with E-state index in [0.717, 1.165) is 22.7 Å². The highest BCUT2D eigenvalue weighted by Crippen LogP contribution is 2.57. The molecule has 0 unspecified atom stereocenters. The second kappa shape index (κ2) is 14.9. The Morgan fingerprint density at radius 3 is 2.57 bits per heavy atom. The molecule has 5 atom stereocenters. The Morgan fingerprint density at radius 2 is 1.88 bits per heavy atom. The molecule has 3 amide bonds. The molecule has 3 aliphatic rings. The fourth-order valence-corrected chi connectivity index (χ4v) is 7.52. The van der Waals surface area contributed by atoms with Crippen molar-refractivity contribution in [2.45, 2.75) is 116 Å². The van der Waals surface area contributed by atoms with Crippen molar-refractivity contribution in [2.24, 2.45) is 11.3 Å². The first-order valence-corrected chi connectivity index (χ1v) is 19.1. The van der Waals surface area contributed by atoms with E-state index in [1.807, 2.05) is 42.7 Å². The monoisotopic (exact) mass is 729 g/mol. The maximum atomic E-state index is 14.4. The molecule has 16 heteroatoms. The minimum absolute atomic E-state index is 0.0218. The molecule has 1 aliphatic carbocycles. The second-order valence-corrected chi connectivity index (χ2v) is 17.2. The number of hydrogen-bond donors (Lipinski definition) is 2. The van der Waals surface area contributed by atoms with Gasteiger partial charge in [0, 0.05) is 39.2 Å². The van der Waals surface area contributed by atoms with Crippen LogP contribution in [0.15, 0.2) is 30.5 Å². The van der Waals surface area contributed by atoms with E-state index in [0.29, 0.717) is 37.3 Å². The van der Waals surface area contributed by atoms with Crippen molar-refractivity contribution in [3.63, 3.8) is 0 Å². The number of carbonyl (C=O) groups is 4. The van der Waals surface area contributed by atoms with Gasteiger partial charge < -0.3 is 19.7 Å². The molecule has 0 bridgehead atoms. The van der Waals surface area contributed by atoms with E-state index in [2.05, 4.69) is 20.0 Å². The summed E-state index contributed by atoms with van der Waals surface area (Å²) in [7, 11) is -1.49. The third kappa shape index (κ3) is 8.71. The Labute approximate surface area is 299 Å². The Balaban J connectivity index is 1.49. The molecule has 15 nitrogen and oxygen atoms in total. The number of pyridine rings is 1. The molecule has 2 fully saturated rings. The maximum Gasteiger partial charge on any atom is 0.408 e. The Morgan fingerprint density at radius 1 is 1.14 bits per heavy atom. The molecule has 51 heavy (non-hydrogen) atoms. The van der Waals surface area contributed by atoms with Gasteiger partial charge in [0.1, 0.15) is 17.7 Å². The summed E-state index contributed by atoms with van der Waals surface area (Å²) in [6.45, 7) is 9.19. The molecule has 2 N–H and O–H groups in total. The lowest BCUT2D eigenvalue weighted by Crippen LogP contribution is -2.53. The van der Waals surface area contributed by atoms with Crippen LogP contribution in [0.5, 0.6) is 6.01 Å². The fraction of sp³-hybridized carbons (Fsp3) is 0.657. The maximum absolute atomic E-state index is 14.4. The summed E-state index contributed by atoms with van der Waals surface area (Å²) in [6, 6.07) is 1.98. The first-order valence-electron chi connectivity index (χ1n) is 17.7. The molecule has 5 rings (SSSR count). The number of carbonyl (C=O) groups excluding carboxylic acids is 4. The highest BCUT2D eigenvalue weighted by Gasteiger charge is 2.61. The van der Waals surface area contributed by atoms with E-state index in [4.69, 9.17) is 9.47 Å². The normalized spacial score (nSPS) is 27.0. The third-order valence-electron chi connectivity index (χ3n) is 9.64. The van der Waals surface area contributed by atoms with Crippen LogP contribution in [0, 0.1) is 11.3 Å². The zero-order chi connectivity index (χ0) is 37.3. The highest BCUT2D eigenvalue weighted by atomic mass is 32.2. The summed E-state index contributed by atoms with van der Waals surface area (Å²) in [5.41, 5.74) is -0.818. The van der Waals surface area contributed by atoms with E-state index in [9.17, 15) is 27.6 Å². The zero-order valence-corrected chi connectivity index (χ0v) is 31.4. The number of fused-ring (bicyclic) bond motifs is 3. The molecule has 1 saturated heterocycles. The van der Waals surface area contributed by atoms with Crippen molar-refractivity contribution < 1.29 is 37.1 Å². The lowest BCUT2D eigenvalue weighted by molar-refractivity contribution is -0.140. The number of imidazole rings is 1. The van der Waals surface area contributed by atoms with Gasteiger partial charge in [-0.25, -0.2) is 14.5 Å². The predicted octanol–water partition coefficient (Wildman–Crippen LogP) is 3.66. The standard InChI is InChI=1S/C35H51N7O8S/c1-22(2)42-26-16-13-17-36-29(26)38-32(42)49-24-18-27-28(43)20-35(31(45)39-51(47,48)40(6)7)19-23(35)14-11-9-8-10-12-15-25(30(44)41(27)21-24)37-33(46)50-34(3,4)5/h11,13-14,16-17,22-25,27H,8-10,12,15,18-21H2,1-7H3,(H,37,46)(H,39,45)/b14-11-/t23-,24+,25-,27-,35+/m0/s1. The Hall–Kier alpha value is -4.05. The first kappa shape index (κ1) is 38.2. The largest absolute Gasteiger partial charge is 0.459 e. The van der Waals surface area contributed by atoms with Gasteiger partial charge in [0.15, 0.2) is 11.4 Å². The minimum Gasteiger partial charge on any atom is -0.459 e. The van der Waals surface area contributed by atoms with E-state index in [1.54, 1.807) is 27.0 Å². The van der Waals surface area contributed by atoms with Crippen LogP contribution in [0.2, 0.25) is 0 Å². The number of ether oxygens (including phenoxy) is 2. The van der Waals surface area contributed by atoms with Crippen LogP contribution in [0.25, 0.3) is 11.2 Å². The minimum atomic E-state index is -4.12. The van der Waals surface area contributed by atoms with Gasteiger partial charge in [-0.1, -0.05) is 25.0 Å². The lowest BCUT2D eigenvalue weighted by Gasteiger charge is -2.30. The van der Waals surface area contributed by atoms with Gasteiger partial charge in [-0.15, -0.1) is 0 Å². The number of amides is 3. The molecule has 2 aromatic rings. The molecule has 4 heterocycles. The van der Waals surface area contributed by atoms with Gasteiger partial charge in [0.25, 0.3) is 6.01 Å². The van der Waals surface area contributed by atoms with Gasteiger partial charge in [0.2, 0.25) is 11.8 Å². The SMILES string of the molecule is CC(C)n1c(O[C@@H]2C[C@H]3C(=O)C[C@]4(C(=O)NS(=O)(=O)N(C)C)C[C@@H]4/C=C\CCCCC[C@H](NC(=O)OC(C)(C)C)C(=O)N3C2)nc2ncccc21. The van der Waals surface area contributed by atoms with Crippen molar-refractivity contribution in [2.75, 3.05) is 20.6 Å². The van der Waals surface area contributed by atoms with Crippen LogP contribution in [0.4, 0.5) is 4.79 Å². The summed E-state index contributed by atoms with van der Waals surface area (Å²) in [5, 5.41) is 2.75. The number of hydrogen-bond acceptors (Lipinski definition) is 10. The molecule has 2 aliphatic heterocycles. The average Bonchev–Trinajstić information content (AvgIpc) is 3.36. The summed E-state index contributed by atoms with van der Waals surface area (Å²) >= 11 is 0. The Kier molecular flexibility index (Phi) is 11.2. The van der Waals surface area contributed by atoms with Crippen LogP contribution in [0.1, 0.15) is 92.0 Å². The van der Waals surface area contributed by atoms with Crippen LogP contribution >= 0.6 is 0 Å². The smallest absolute Gasteiger partial charge is 0.408 e.